The van der Waals surface area contributed by atoms with Crippen LogP contribution in [0.25, 0.3) is 44.3 Å². The molecule has 0 unspecified atom stereocenters. The van der Waals surface area contributed by atoms with E-state index in [-0.39, 0.29) is 12.5 Å². The first-order valence-electron chi connectivity index (χ1n) is 13.5. The Bertz CT molecular complexity index is 2060. The maximum absolute atomic E-state index is 14.0. The van der Waals surface area contributed by atoms with E-state index in [9.17, 15) is 9.59 Å². The van der Waals surface area contributed by atoms with Crippen molar-refractivity contribution in [2.75, 3.05) is 6.79 Å². The number of nitrogens with two attached hydrogens (primary N) is 1. The Kier molecular flexibility index (Phi) is 6.21. The molecule has 6 aromatic rings. The molecule has 0 amide bonds. The van der Waals surface area contributed by atoms with Gasteiger partial charge >= 0.3 is 11.5 Å². The summed E-state index contributed by atoms with van der Waals surface area (Å²) in [4.78, 5) is 36.5. The maximum atomic E-state index is 14.0. The number of rotatable bonds is 6. The summed E-state index contributed by atoms with van der Waals surface area (Å²) in [5, 5.41) is 0.758. The molecule has 4 aromatic carbocycles. The number of benzene rings is 4. The fraction of sp³-hybridized carbons (Fsp3) is 0.121. The average Bonchev–Trinajstić information content (AvgIpc) is 3.61. The first-order valence-corrected chi connectivity index (χ1v) is 13.5. The van der Waals surface area contributed by atoms with Crippen LogP contribution in [-0.4, -0.2) is 27.0 Å². The van der Waals surface area contributed by atoms with Crippen LogP contribution >= 0.6 is 0 Å². The summed E-state index contributed by atoms with van der Waals surface area (Å²) >= 11 is 0. The zero-order valence-electron chi connectivity index (χ0n) is 22.7. The summed E-state index contributed by atoms with van der Waals surface area (Å²) in [6.45, 7) is 2.34. The van der Waals surface area contributed by atoms with Crippen LogP contribution < -0.4 is 25.6 Å². The summed E-state index contributed by atoms with van der Waals surface area (Å²) < 4.78 is 14.4. The van der Waals surface area contributed by atoms with Crippen molar-refractivity contribution in [3.63, 3.8) is 0 Å². The minimum absolute atomic E-state index is 0.118. The Morgan fingerprint density at radius 1 is 0.905 bits per heavy atom. The molecule has 7 rings (SSSR count). The number of ether oxygens (including phenoxy) is 2. The molecule has 0 atom stereocenters. The third kappa shape index (κ3) is 4.46. The fourth-order valence-corrected chi connectivity index (χ4v) is 5.41. The van der Waals surface area contributed by atoms with Crippen LogP contribution in [0.5, 0.6) is 11.5 Å². The van der Waals surface area contributed by atoms with E-state index >= 15 is 0 Å². The Hall–Kier alpha value is -5.41. The number of hydrogen-bond donors (Lipinski definition) is 1. The molecule has 2 N–H and O–H groups in total. The first-order chi connectivity index (χ1) is 20.5. The molecule has 208 valence electrons. The van der Waals surface area contributed by atoms with Crippen molar-refractivity contribution >= 4 is 27.9 Å². The van der Waals surface area contributed by atoms with Crippen molar-refractivity contribution in [1.82, 2.24) is 14.3 Å². The van der Waals surface area contributed by atoms with Crippen LogP contribution in [0.4, 0.5) is 0 Å². The van der Waals surface area contributed by atoms with Gasteiger partial charge in [0.2, 0.25) is 6.79 Å². The molecule has 0 radical (unpaired) electrons. The SMILES string of the molecule is CC(=O)On1c(=O)c(-c2cn(Cc3cccc(CN)c3)c3cc4c(cc23)OCO4)nc2ccc(-c3ccccc3)cc21. The highest BCUT2D eigenvalue weighted by Crippen LogP contribution is 2.40. The molecule has 2 aromatic heterocycles. The molecule has 0 saturated heterocycles. The van der Waals surface area contributed by atoms with Gasteiger partial charge < -0.3 is 24.6 Å². The summed E-state index contributed by atoms with van der Waals surface area (Å²) in [5.74, 6) is 0.591. The molecule has 3 heterocycles. The van der Waals surface area contributed by atoms with E-state index in [1.807, 2.05) is 83.6 Å². The summed E-state index contributed by atoms with van der Waals surface area (Å²) in [5.41, 5.74) is 11.7. The highest BCUT2D eigenvalue weighted by Gasteiger charge is 2.23. The van der Waals surface area contributed by atoms with Gasteiger partial charge in [-0.3, -0.25) is 4.79 Å². The van der Waals surface area contributed by atoms with E-state index in [1.54, 1.807) is 6.07 Å². The first kappa shape index (κ1) is 25.6. The van der Waals surface area contributed by atoms with E-state index in [0.29, 0.717) is 41.2 Å². The van der Waals surface area contributed by atoms with Gasteiger partial charge in [-0.25, -0.2) is 9.78 Å². The van der Waals surface area contributed by atoms with Gasteiger partial charge in [0.1, 0.15) is 11.2 Å². The second-order valence-corrected chi connectivity index (χ2v) is 10.1. The third-order valence-electron chi connectivity index (χ3n) is 7.35. The molecule has 0 aliphatic carbocycles. The van der Waals surface area contributed by atoms with Crippen molar-refractivity contribution < 1.29 is 19.1 Å². The minimum Gasteiger partial charge on any atom is -0.454 e. The van der Waals surface area contributed by atoms with Gasteiger partial charge in [0, 0.05) is 43.2 Å². The number of aromatic nitrogens is 3. The minimum atomic E-state index is -0.619. The highest BCUT2D eigenvalue weighted by molar-refractivity contribution is 5.98. The van der Waals surface area contributed by atoms with Crippen LogP contribution in [-0.2, 0) is 17.9 Å². The second-order valence-electron chi connectivity index (χ2n) is 10.1. The van der Waals surface area contributed by atoms with E-state index in [4.69, 9.17) is 25.0 Å². The van der Waals surface area contributed by atoms with Gasteiger partial charge in [-0.05, 0) is 40.5 Å². The van der Waals surface area contributed by atoms with Gasteiger partial charge in [-0.15, -0.1) is 4.73 Å². The quantitative estimate of drug-likeness (QED) is 0.310. The van der Waals surface area contributed by atoms with Crippen molar-refractivity contribution in [2.24, 2.45) is 5.73 Å². The number of nitrogens with zero attached hydrogens (tertiary/aromatic N) is 3. The molecule has 0 bridgehead atoms. The normalized spacial score (nSPS) is 12.2. The lowest BCUT2D eigenvalue weighted by Gasteiger charge is -2.12. The van der Waals surface area contributed by atoms with Crippen LogP contribution in [0.1, 0.15) is 18.1 Å². The Morgan fingerprint density at radius 3 is 2.48 bits per heavy atom. The predicted molar refractivity (Wildman–Crippen MR) is 159 cm³/mol. The molecular formula is C33H26N4O5. The second kappa shape index (κ2) is 10.2. The van der Waals surface area contributed by atoms with Crippen LogP contribution in [0.3, 0.4) is 0 Å². The van der Waals surface area contributed by atoms with Gasteiger partial charge in [-0.1, -0.05) is 60.7 Å². The van der Waals surface area contributed by atoms with E-state index in [2.05, 4.69) is 6.07 Å². The zero-order valence-corrected chi connectivity index (χ0v) is 22.7. The summed E-state index contributed by atoms with van der Waals surface area (Å²) in [6, 6.07) is 27.1. The molecular weight excluding hydrogens is 532 g/mol. The molecule has 42 heavy (non-hydrogen) atoms. The Balaban J connectivity index is 1.45. The Labute approximate surface area is 240 Å². The van der Waals surface area contributed by atoms with Crippen molar-refractivity contribution in [3.05, 3.63) is 113 Å². The Morgan fingerprint density at radius 2 is 1.69 bits per heavy atom. The lowest BCUT2D eigenvalue weighted by Crippen LogP contribution is -2.31. The van der Waals surface area contributed by atoms with Crippen LogP contribution in [0, 0.1) is 0 Å². The average molecular weight is 559 g/mol. The van der Waals surface area contributed by atoms with E-state index in [0.717, 1.165) is 37.9 Å². The van der Waals surface area contributed by atoms with Gasteiger partial charge in [-0.2, -0.15) is 0 Å². The van der Waals surface area contributed by atoms with Crippen molar-refractivity contribution in [2.45, 2.75) is 20.0 Å². The maximum Gasteiger partial charge on any atom is 0.330 e. The van der Waals surface area contributed by atoms with Crippen molar-refractivity contribution in [3.8, 4) is 33.9 Å². The number of carbonyl (C=O) groups is 1. The molecule has 9 heteroatoms. The van der Waals surface area contributed by atoms with Gasteiger partial charge in [0.05, 0.1) is 11.0 Å². The van der Waals surface area contributed by atoms with Crippen LogP contribution in [0.15, 0.2) is 95.9 Å². The van der Waals surface area contributed by atoms with Gasteiger partial charge in [0.15, 0.2) is 11.5 Å². The topological polar surface area (TPSA) is 111 Å². The molecule has 0 spiro atoms. The van der Waals surface area contributed by atoms with Gasteiger partial charge in [0.25, 0.3) is 0 Å². The third-order valence-corrected chi connectivity index (χ3v) is 7.35. The number of hydrogen-bond acceptors (Lipinski definition) is 7. The lowest BCUT2D eigenvalue weighted by atomic mass is 10.0. The van der Waals surface area contributed by atoms with Crippen molar-refractivity contribution in [1.29, 1.82) is 0 Å². The van der Waals surface area contributed by atoms with E-state index < -0.39 is 11.5 Å². The molecule has 9 nitrogen and oxygen atoms in total. The van der Waals surface area contributed by atoms with Crippen LogP contribution in [0.2, 0.25) is 0 Å². The highest BCUT2D eigenvalue weighted by atomic mass is 16.7. The summed E-state index contributed by atoms with van der Waals surface area (Å²) in [6.07, 6.45) is 1.89. The number of fused-ring (bicyclic) bond motifs is 3. The predicted octanol–water partition coefficient (Wildman–Crippen LogP) is 4.90. The number of carbonyl (C=O) groups excluding carboxylic acids is 1. The monoisotopic (exact) mass is 558 g/mol. The largest absolute Gasteiger partial charge is 0.454 e. The fourth-order valence-electron chi connectivity index (χ4n) is 5.41. The van der Waals surface area contributed by atoms with E-state index in [1.165, 1.54) is 6.92 Å². The molecule has 1 aliphatic rings. The molecule has 0 saturated carbocycles. The molecule has 1 aliphatic heterocycles. The smallest absolute Gasteiger partial charge is 0.330 e. The zero-order chi connectivity index (χ0) is 28.8. The summed E-state index contributed by atoms with van der Waals surface area (Å²) in [7, 11) is 0. The molecule has 0 fully saturated rings. The standard InChI is InChI=1S/C33H26N4O5/c1-20(38)42-37-29-13-24(23-8-3-2-4-9-23)10-11-27(29)35-32(33(37)39)26-18-36(17-22-7-5-6-21(12-22)16-34)28-15-31-30(14-25(26)28)40-19-41-31/h2-15,18H,16-17,19,34H2,1H3. The lowest BCUT2D eigenvalue weighted by molar-refractivity contribution is -0.141.